The van der Waals surface area contributed by atoms with Gasteiger partial charge in [0.15, 0.2) is 5.69 Å². The number of hydrogen-bond acceptors (Lipinski definition) is 5. The van der Waals surface area contributed by atoms with E-state index in [0.29, 0.717) is 12.4 Å². The number of likely N-dealkylation sites (N-methyl/N-ethyl adjacent to an activating group) is 1. The number of anilines is 1. The molecule has 0 bridgehead atoms. The zero-order chi connectivity index (χ0) is 13.5. The second kappa shape index (κ2) is 6.55. The third-order valence-electron chi connectivity index (χ3n) is 2.24. The Bertz CT molecular complexity index is 435. The molecule has 0 unspecified atom stereocenters. The van der Waals surface area contributed by atoms with Crippen LogP contribution in [0.3, 0.4) is 0 Å². The molecular formula is C12H17N5O. The molecule has 0 fully saturated rings. The highest BCUT2D eigenvalue weighted by Gasteiger charge is 2.12. The maximum atomic E-state index is 11.7. The van der Waals surface area contributed by atoms with Crippen LogP contribution in [-0.2, 0) is 4.79 Å². The third-order valence-corrected chi connectivity index (χ3v) is 2.24. The lowest BCUT2D eigenvalue weighted by molar-refractivity contribution is -0.120. The van der Waals surface area contributed by atoms with E-state index in [4.69, 9.17) is 5.26 Å². The van der Waals surface area contributed by atoms with Gasteiger partial charge in [0, 0.05) is 12.6 Å². The van der Waals surface area contributed by atoms with Crippen molar-refractivity contribution in [1.29, 1.82) is 5.26 Å². The Morgan fingerprint density at radius 1 is 1.50 bits per heavy atom. The number of nitrogens with one attached hydrogen (secondary N) is 1. The van der Waals surface area contributed by atoms with Crippen molar-refractivity contribution in [2.75, 3.05) is 18.0 Å². The molecule has 0 saturated carbocycles. The molecule has 1 aromatic rings. The number of carbonyl (C=O) groups excluding carboxylic acids is 1. The summed E-state index contributed by atoms with van der Waals surface area (Å²) in [7, 11) is 0. The first-order valence-electron chi connectivity index (χ1n) is 5.83. The van der Waals surface area contributed by atoms with E-state index >= 15 is 0 Å². The van der Waals surface area contributed by atoms with Gasteiger partial charge in [-0.05, 0) is 20.8 Å². The fourth-order valence-corrected chi connectivity index (χ4v) is 1.44. The van der Waals surface area contributed by atoms with Crippen LogP contribution >= 0.6 is 0 Å². The van der Waals surface area contributed by atoms with Crippen LogP contribution in [0.5, 0.6) is 0 Å². The molecule has 1 heterocycles. The minimum absolute atomic E-state index is 0.0574. The monoisotopic (exact) mass is 247 g/mol. The summed E-state index contributed by atoms with van der Waals surface area (Å²) < 4.78 is 0. The quantitative estimate of drug-likeness (QED) is 0.828. The minimum atomic E-state index is -0.0574. The molecule has 1 N–H and O–H groups in total. The first kappa shape index (κ1) is 13.9. The number of amides is 1. The highest BCUT2D eigenvalue weighted by molar-refractivity contribution is 5.81. The lowest BCUT2D eigenvalue weighted by Gasteiger charge is -2.21. The number of rotatable bonds is 5. The summed E-state index contributed by atoms with van der Waals surface area (Å²) >= 11 is 0. The first-order valence-corrected chi connectivity index (χ1v) is 5.83. The van der Waals surface area contributed by atoms with Gasteiger partial charge in [-0.3, -0.25) is 4.79 Å². The highest BCUT2D eigenvalue weighted by Crippen LogP contribution is 2.07. The molecule has 1 aromatic heterocycles. The lowest BCUT2D eigenvalue weighted by atomic mass is 10.3. The first-order chi connectivity index (χ1) is 8.56. The van der Waals surface area contributed by atoms with Crippen molar-refractivity contribution < 1.29 is 4.79 Å². The van der Waals surface area contributed by atoms with Crippen molar-refractivity contribution in [2.45, 2.75) is 26.8 Å². The van der Waals surface area contributed by atoms with Gasteiger partial charge in [0.1, 0.15) is 11.9 Å². The zero-order valence-electron chi connectivity index (χ0n) is 10.8. The topological polar surface area (TPSA) is 81.9 Å². The average molecular weight is 247 g/mol. The molecule has 0 saturated heterocycles. The molecular weight excluding hydrogens is 230 g/mol. The van der Waals surface area contributed by atoms with Gasteiger partial charge in [-0.15, -0.1) is 0 Å². The average Bonchev–Trinajstić information content (AvgIpc) is 2.35. The summed E-state index contributed by atoms with van der Waals surface area (Å²) in [5, 5.41) is 11.5. The Morgan fingerprint density at radius 3 is 2.67 bits per heavy atom. The summed E-state index contributed by atoms with van der Waals surface area (Å²) in [4.78, 5) is 21.5. The van der Waals surface area contributed by atoms with Gasteiger partial charge in [0.2, 0.25) is 5.91 Å². The van der Waals surface area contributed by atoms with Crippen LogP contribution in [0.2, 0.25) is 0 Å². The van der Waals surface area contributed by atoms with E-state index in [1.807, 2.05) is 26.8 Å². The van der Waals surface area contributed by atoms with E-state index < -0.39 is 0 Å². The van der Waals surface area contributed by atoms with Gasteiger partial charge in [-0.25, -0.2) is 9.97 Å². The number of carbonyl (C=O) groups is 1. The molecule has 0 aliphatic heterocycles. The Morgan fingerprint density at radius 2 is 2.22 bits per heavy atom. The molecule has 0 aliphatic rings. The molecule has 0 aliphatic carbocycles. The summed E-state index contributed by atoms with van der Waals surface area (Å²) in [6, 6.07) is 2.02. The number of hydrogen-bond donors (Lipinski definition) is 1. The van der Waals surface area contributed by atoms with Gasteiger partial charge < -0.3 is 10.2 Å². The van der Waals surface area contributed by atoms with Crippen LogP contribution < -0.4 is 10.2 Å². The van der Waals surface area contributed by atoms with E-state index in [2.05, 4.69) is 15.3 Å². The van der Waals surface area contributed by atoms with Crippen molar-refractivity contribution in [3.63, 3.8) is 0 Å². The van der Waals surface area contributed by atoms with E-state index in [0.717, 1.165) is 0 Å². The Balaban J connectivity index is 2.71. The maximum absolute atomic E-state index is 11.7. The minimum Gasteiger partial charge on any atom is -0.352 e. The Labute approximate surface area is 107 Å². The largest absolute Gasteiger partial charge is 0.352 e. The molecule has 6 nitrogen and oxygen atoms in total. The fraction of sp³-hybridized carbons (Fsp3) is 0.500. The van der Waals surface area contributed by atoms with E-state index in [9.17, 15) is 4.79 Å². The van der Waals surface area contributed by atoms with Gasteiger partial charge in [-0.1, -0.05) is 0 Å². The van der Waals surface area contributed by atoms with Gasteiger partial charge in [0.25, 0.3) is 0 Å². The van der Waals surface area contributed by atoms with Crippen molar-refractivity contribution >= 4 is 11.7 Å². The van der Waals surface area contributed by atoms with Crippen molar-refractivity contribution in [2.24, 2.45) is 0 Å². The number of aromatic nitrogens is 2. The smallest absolute Gasteiger partial charge is 0.239 e. The van der Waals surface area contributed by atoms with Crippen LogP contribution in [0.1, 0.15) is 26.5 Å². The van der Waals surface area contributed by atoms with Crippen LogP contribution in [0.4, 0.5) is 5.82 Å². The fourth-order valence-electron chi connectivity index (χ4n) is 1.44. The highest BCUT2D eigenvalue weighted by atomic mass is 16.2. The Hall–Kier alpha value is -2.16. The van der Waals surface area contributed by atoms with Crippen LogP contribution in [0.15, 0.2) is 12.4 Å². The van der Waals surface area contributed by atoms with Crippen molar-refractivity contribution in [3.8, 4) is 6.07 Å². The summed E-state index contributed by atoms with van der Waals surface area (Å²) in [5.41, 5.74) is 0.265. The second-order valence-corrected chi connectivity index (χ2v) is 4.11. The summed E-state index contributed by atoms with van der Waals surface area (Å²) in [5.74, 6) is 0.536. The third kappa shape index (κ3) is 4.01. The molecule has 1 rings (SSSR count). The Kier molecular flexibility index (Phi) is 5.06. The van der Waals surface area contributed by atoms with E-state index in [1.165, 1.54) is 12.4 Å². The molecule has 0 radical (unpaired) electrons. The maximum Gasteiger partial charge on any atom is 0.239 e. The predicted molar refractivity (Wildman–Crippen MR) is 67.9 cm³/mol. The standard InChI is InChI=1S/C12H17N5O/c1-4-17(8-12(18)16-9(2)3)11-7-14-10(5-13)6-15-11/h6-7,9H,4,8H2,1-3H3,(H,16,18). The summed E-state index contributed by atoms with van der Waals surface area (Å²) in [6.45, 7) is 6.63. The molecule has 6 heteroatoms. The van der Waals surface area contributed by atoms with Gasteiger partial charge in [0.05, 0.1) is 18.9 Å². The molecule has 0 atom stereocenters. The number of nitriles is 1. The molecule has 96 valence electrons. The second-order valence-electron chi connectivity index (χ2n) is 4.11. The van der Waals surface area contributed by atoms with Crippen molar-refractivity contribution in [3.05, 3.63) is 18.1 Å². The van der Waals surface area contributed by atoms with E-state index in [-0.39, 0.29) is 24.2 Å². The van der Waals surface area contributed by atoms with Crippen molar-refractivity contribution in [1.82, 2.24) is 15.3 Å². The SMILES string of the molecule is CCN(CC(=O)NC(C)C)c1cnc(C#N)cn1. The predicted octanol–water partition coefficient (Wildman–Crippen LogP) is 0.699. The molecule has 0 aromatic carbocycles. The van der Waals surface area contributed by atoms with Gasteiger partial charge in [-0.2, -0.15) is 5.26 Å². The molecule has 18 heavy (non-hydrogen) atoms. The normalized spacial score (nSPS) is 9.94. The zero-order valence-corrected chi connectivity index (χ0v) is 10.8. The molecule has 0 spiro atoms. The summed E-state index contributed by atoms with van der Waals surface area (Å²) in [6.07, 6.45) is 2.91. The van der Waals surface area contributed by atoms with E-state index in [1.54, 1.807) is 4.90 Å². The lowest BCUT2D eigenvalue weighted by Crippen LogP contribution is -2.40. The number of nitrogens with zero attached hydrogens (tertiary/aromatic N) is 4. The van der Waals surface area contributed by atoms with Crippen LogP contribution in [0.25, 0.3) is 0 Å². The van der Waals surface area contributed by atoms with Crippen LogP contribution in [0, 0.1) is 11.3 Å². The molecule has 1 amide bonds. The van der Waals surface area contributed by atoms with Crippen LogP contribution in [-0.4, -0.2) is 35.0 Å². The van der Waals surface area contributed by atoms with Gasteiger partial charge >= 0.3 is 0 Å².